The zero-order valence-corrected chi connectivity index (χ0v) is 10.0. The third-order valence-corrected chi connectivity index (χ3v) is 3.93. The minimum Gasteiger partial charge on any atom is -0.133 e. The van der Waals surface area contributed by atoms with Crippen molar-refractivity contribution in [2.24, 2.45) is 0 Å². The van der Waals surface area contributed by atoms with Gasteiger partial charge in [-0.25, -0.2) is 0 Å². The van der Waals surface area contributed by atoms with Crippen LogP contribution in [-0.2, 0) is 0 Å². The number of hydrogen-bond acceptors (Lipinski definition) is 1. The lowest BCUT2D eigenvalue weighted by Gasteiger charge is -2.06. The van der Waals surface area contributed by atoms with Crippen LogP contribution in [0.3, 0.4) is 0 Å². The quantitative estimate of drug-likeness (QED) is 0.716. The van der Waals surface area contributed by atoms with Gasteiger partial charge < -0.3 is 0 Å². The molecule has 1 aromatic rings. The average molecular weight is 247 g/mol. The first-order valence-electron chi connectivity index (χ1n) is 4.49. The summed E-state index contributed by atoms with van der Waals surface area (Å²) in [5.74, 6) is 0.737. The minimum absolute atomic E-state index is 0.737. The summed E-state index contributed by atoms with van der Waals surface area (Å²) in [5.41, 5.74) is 0. The summed E-state index contributed by atoms with van der Waals surface area (Å²) in [4.78, 5) is 1.51. The van der Waals surface area contributed by atoms with Gasteiger partial charge in [0.05, 0.1) is 3.79 Å². The van der Waals surface area contributed by atoms with Crippen LogP contribution in [0, 0.1) is 0 Å². The van der Waals surface area contributed by atoms with Gasteiger partial charge in [-0.1, -0.05) is 26.7 Å². The number of rotatable bonds is 4. The van der Waals surface area contributed by atoms with Gasteiger partial charge in [-0.05, 0) is 40.4 Å². The third kappa shape index (κ3) is 2.91. The van der Waals surface area contributed by atoms with Gasteiger partial charge in [0.25, 0.3) is 0 Å². The third-order valence-electron chi connectivity index (χ3n) is 2.07. The van der Waals surface area contributed by atoms with E-state index in [2.05, 4.69) is 41.9 Å². The van der Waals surface area contributed by atoms with Crippen LogP contribution in [0.25, 0.3) is 0 Å². The second-order valence-electron chi connectivity index (χ2n) is 3.19. The highest BCUT2D eigenvalue weighted by atomic mass is 79.9. The molecule has 1 rings (SSSR count). The molecular formula is C10H15BrS. The molecule has 68 valence electrons. The van der Waals surface area contributed by atoms with Gasteiger partial charge >= 0.3 is 0 Å². The zero-order chi connectivity index (χ0) is 8.97. The largest absolute Gasteiger partial charge is 0.133 e. The molecule has 1 unspecified atom stereocenters. The number of hydrogen-bond donors (Lipinski definition) is 0. The van der Waals surface area contributed by atoms with E-state index in [4.69, 9.17) is 0 Å². The first-order valence-corrected chi connectivity index (χ1v) is 6.10. The van der Waals surface area contributed by atoms with Gasteiger partial charge in [-0.3, -0.25) is 0 Å². The smallest absolute Gasteiger partial charge is 0.0701 e. The molecule has 0 spiro atoms. The Labute approximate surface area is 87.1 Å². The Morgan fingerprint density at radius 3 is 2.75 bits per heavy atom. The predicted molar refractivity (Wildman–Crippen MR) is 60.0 cm³/mol. The topological polar surface area (TPSA) is 0 Å². The fourth-order valence-electron chi connectivity index (χ4n) is 1.25. The van der Waals surface area contributed by atoms with E-state index in [1.165, 1.54) is 27.9 Å². The molecule has 0 aromatic carbocycles. The van der Waals surface area contributed by atoms with Crippen molar-refractivity contribution in [1.82, 2.24) is 0 Å². The van der Waals surface area contributed by atoms with E-state index in [-0.39, 0.29) is 0 Å². The van der Waals surface area contributed by atoms with Gasteiger partial charge in [-0.2, -0.15) is 0 Å². The Morgan fingerprint density at radius 2 is 2.25 bits per heavy atom. The van der Waals surface area contributed by atoms with Crippen molar-refractivity contribution < 1.29 is 0 Å². The molecule has 1 aromatic heterocycles. The number of thiophene rings is 1. The Hall–Kier alpha value is 0.180. The second kappa shape index (κ2) is 5.03. The highest BCUT2D eigenvalue weighted by molar-refractivity contribution is 9.11. The molecule has 1 atom stereocenters. The Balaban J connectivity index is 2.47. The fourth-order valence-corrected chi connectivity index (χ4v) is 2.75. The standard InChI is InChI=1S/C10H15BrS/c1-3-4-5-8(2)9-6-7-10(11)12-9/h6-8H,3-5H2,1-2H3. The van der Waals surface area contributed by atoms with Crippen molar-refractivity contribution in [1.29, 1.82) is 0 Å². The molecule has 0 radical (unpaired) electrons. The summed E-state index contributed by atoms with van der Waals surface area (Å²) in [6.07, 6.45) is 3.97. The summed E-state index contributed by atoms with van der Waals surface area (Å²) in [6, 6.07) is 4.37. The molecule has 0 fully saturated rings. The summed E-state index contributed by atoms with van der Waals surface area (Å²) in [6.45, 7) is 4.56. The summed E-state index contributed by atoms with van der Waals surface area (Å²) >= 11 is 5.35. The van der Waals surface area contributed by atoms with Crippen molar-refractivity contribution in [3.05, 3.63) is 20.8 Å². The first-order chi connectivity index (χ1) is 5.74. The molecular weight excluding hydrogens is 232 g/mol. The minimum atomic E-state index is 0.737. The maximum Gasteiger partial charge on any atom is 0.0701 e. The van der Waals surface area contributed by atoms with Crippen LogP contribution in [0.2, 0.25) is 0 Å². The van der Waals surface area contributed by atoms with E-state index in [1.807, 2.05) is 11.3 Å². The highest BCUT2D eigenvalue weighted by Gasteiger charge is 2.06. The molecule has 0 N–H and O–H groups in total. The van der Waals surface area contributed by atoms with E-state index in [0.717, 1.165) is 5.92 Å². The van der Waals surface area contributed by atoms with E-state index in [0.29, 0.717) is 0 Å². The van der Waals surface area contributed by atoms with Gasteiger partial charge in [0.2, 0.25) is 0 Å². The van der Waals surface area contributed by atoms with Crippen LogP contribution < -0.4 is 0 Å². The lowest BCUT2D eigenvalue weighted by Crippen LogP contribution is -1.88. The zero-order valence-electron chi connectivity index (χ0n) is 7.64. The van der Waals surface area contributed by atoms with Gasteiger partial charge in [0.15, 0.2) is 0 Å². The molecule has 1 heterocycles. The summed E-state index contributed by atoms with van der Waals surface area (Å²) in [7, 11) is 0. The van der Waals surface area contributed by atoms with Crippen molar-refractivity contribution in [2.75, 3.05) is 0 Å². The lowest BCUT2D eigenvalue weighted by atomic mass is 10.0. The fraction of sp³-hybridized carbons (Fsp3) is 0.600. The van der Waals surface area contributed by atoms with Crippen molar-refractivity contribution in [3.8, 4) is 0 Å². The molecule has 0 saturated heterocycles. The van der Waals surface area contributed by atoms with E-state index in [9.17, 15) is 0 Å². The predicted octanol–water partition coefficient (Wildman–Crippen LogP) is 4.80. The maximum absolute atomic E-state index is 3.49. The van der Waals surface area contributed by atoms with Crippen LogP contribution in [0.1, 0.15) is 43.9 Å². The van der Waals surface area contributed by atoms with Crippen LogP contribution in [0.15, 0.2) is 15.9 Å². The second-order valence-corrected chi connectivity index (χ2v) is 5.68. The normalized spacial score (nSPS) is 13.2. The van der Waals surface area contributed by atoms with Gasteiger partial charge in [0.1, 0.15) is 0 Å². The van der Waals surface area contributed by atoms with E-state index >= 15 is 0 Å². The van der Waals surface area contributed by atoms with Crippen molar-refractivity contribution >= 4 is 27.3 Å². The average Bonchev–Trinajstić information content (AvgIpc) is 2.47. The van der Waals surface area contributed by atoms with Crippen LogP contribution in [0.5, 0.6) is 0 Å². The SMILES string of the molecule is CCCCC(C)c1ccc(Br)s1. The number of halogens is 1. The molecule has 0 aliphatic rings. The van der Waals surface area contributed by atoms with Gasteiger partial charge in [-0.15, -0.1) is 11.3 Å². The summed E-state index contributed by atoms with van der Waals surface area (Å²) in [5, 5.41) is 0. The maximum atomic E-state index is 3.49. The molecule has 0 amide bonds. The van der Waals surface area contributed by atoms with Crippen LogP contribution in [-0.4, -0.2) is 0 Å². The van der Waals surface area contributed by atoms with Crippen LogP contribution in [0.4, 0.5) is 0 Å². The molecule has 0 bridgehead atoms. The molecule has 0 saturated carbocycles. The monoisotopic (exact) mass is 246 g/mol. The van der Waals surface area contributed by atoms with Crippen molar-refractivity contribution in [3.63, 3.8) is 0 Å². The Morgan fingerprint density at radius 1 is 1.50 bits per heavy atom. The highest BCUT2D eigenvalue weighted by Crippen LogP contribution is 2.30. The molecule has 0 aliphatic heterocycles. The lowest BCUT2D eigenvalue weighted by molar-refractivity contribution is 0.632. The van der Waals surface area contributed by atoms with Crippen molar-refractivity contribution in [2.45, 2.75) is 39.0 Å². The molecule has 0 aliphatic carbocycles. The van der Waals surface area contributed by atoms with E-state index in [1.54, 1.807) is 0 Å². The number of unbranched alkanes of at least 4 members (excludes halogenated alkanes) is 1. The van der Waals surface area contributed by atoms with Gasteiger partial charge in [0, 0.05) is 4.88 Å². The van der Waals surface area contributed by atoms with E-state index < -0.39 is 0 Å². The molecule has 12 heavy (non-hydrogen) atoms. The first kappa shape index (κ1) is 10.3. The summed E-state index contributed by atoms with van der Waals surface area (Å²) < 4.78 is 1.25. The Bertz CT molecular complexity index is 229. The van der Waals surface area contributed by atoms with Crippen LogP contribution >= 0.6 is 27.3 Å². The molecule has 2 heteroatoms. The molecule has 0 nitrogen and oxygen atoms in total. The Kier molecular flexibility index (Phi) is 4.30.